The smallest absolute Gasteiger partial charge is 0.220 e. The molecule has 4 heteroatoms. The van der Waals surface area contributed by atoms with E-state index in [0.717, 1.165) is 25.7 Å². The monoisotopic (exact) mass is 1080 g/mol. The molecule has 0 aliphatic rings. The lowest BCUT2D eigenvalue weighted by Gasteiger charge is -2.20. The number of hydrogen-bond donors (Lipinski definition) is 3. The lowest BCUT2D eigenvalue weighted by molar-refractivity contribution is -0.123. The van der Waals surface area contributed by atoms with Crippen LogP contribution < -0.4 is 5.32 Å². The molecule has 0 rings (SSSR count). The Hall–Kier alpha value is -1.13. The largest absolute Gasteiger partial charge is 0.394 e. The SMILES string of the molecule is CCCCCCCCCC/C=C\CCCCCCCCCCCCCCCCCCCCCCCCCCCC(=O)NC(CO)C(O)/C=C/CCCCCCCCCCCCCCCCCCCCCCCCCCCC. The number of allylic oxidation sites excluding steroid dienone is 3. The molecule has 0 fully saturated rings. The third kappa shape index (κ3) is 65.6. The average Bonchev–Trinajstić information content (AvgIpc) is 3.43. The van der Waals surface area contributed by atoms with E-state index in [1.807, 2.05) is 6.08 Å². The van der Waals surface area contributed by atoms with Gasteiger partial charge in [0, 0.05) is 6.42 Å². The van der Waals surface area contributed by atoms with Crippen LogP contribution in [0.25, 0.3) is 0 Å². The maximum atomic E-state index is 12.5. The minimum Gasteiger partial charge on any atom is -0.394 e. The van der Waals surface area contributed by atoms with Crippen molar-refractivity contribution in [2.45, 2.75) is 431 Å². The molecule has 0 aliphatic carbocycles. The van der Waals surface area contributed by atoms with Crippen LogP contribution in [0.1, 0.15) is 418 Å². The van der Waals surface area contributed by atoms with Gasteiger partial charge in [0.25, 0.3) is 0 Å². The highest BCUT2D eigenvalue weighted by atomic mass is 16.3. The molecule has 1 amide bonds. The predicted octanol–water partition coefficient (Wildman–Crippen LogP) is 24.6. The number of aliphatic hydroxyl groups is 2. The normalized spacial score (nSPS) is 12.7. The molecule has 2 atom stereocenters. The lowest BCUT2D eigenvalue weighted by Crippen LogP contribution is -2.45. The number of carbonyl (C=O) groups is 1. The third-order valence-electron chi connectivity index (χ3n) is 17.2. The van der Waals surface area contributed by atoms with Crippen molar-refractivity contribution in [3.05, 3.63) is 24.3 Å². The molecule has 0 heterocycles. The molecule has 0 aromatic heterocycles. The molecule has 0 saturated carbocycles. The molecular formula is C73H143NO3. The first-order chi connectivity index (χ1) is 38.2. The first kappa shape index (κ1) is 75.9. The van der Waals surface area contributed by atoms with Crippen LogP contribution in [0, 0.1) is 0 Å². The molecule has 0 radical (unpaired) electrons. The fraction of sp³-hybridized carbons (Fsp3) is 0.932. The Kier molecular flexibility index (Phi) is 68.1. The lowest BCUT2D eigenvalue weighted by atomic mass is 10.0. The van der Waals surface area contributed by atoms with Crippen LogP contribution in [-0.4, -0.2) is 34.9 Å². The Labute approximate surface area is 485 Å². The van der Waals surface area contributed by atoms with E-state index < -0.39 is 12.1 Å². The van der Waals surface area contributed by atoms with E-state index in [-0.39, 0.29) is 12.5 Å². The van der Waals surface area contributed by atoms with Crippen molar-refractivity contribution in [3.63, 3.8) is 0 Å². The number of aliphatic hydroxyl groups excluding tert-OH is 2. The maximum absolute atomic E-state index is 12.5. The number of hydrogen-bond acceptors (Lipinski definition) is 3. The maximum Gasteiger partial charge on any atom is 0.220 e. The van der Waals surface area contributed by atoms with Gasteiger partial charge < -0.3 is 15.5 Å². The van der Waals surface area contributed by atoms with Gasteiger partial charge in [-0.05, 0) is 44.9 Å². The van der Waals surface area contributed by atoms with E-state index in [1.54, 1.807) is 6.08 Å². The molecule has 0 aromatic carbocycles. The highest BCUT2D eigenvalue weighted by Gasteiger charge is 2.18. The van der Waals surface area contributed by atoms with Gasteiger partial charge in [0.15, 0.2) is 0 Å². The summed E-state index contributed by atoms with van der Waals surface area (Å²) in [7, 11) is 0. The standard InChI is InChI=1S/C73H143NO3/c1-3-5-7-9-11-13-15-17-19-21-23-25-27-29-31-33-34-35-36-37-38-39-40-41-43-45-47-49-51-53-55-57-59-61-63-65-67-69-73(77)74-71(70-75)72(76)68-66-64-62-60-58-56-54-52-50-48-46-44-42-32-30-28-26-24-22-20-18-16-14-12-10-8-6-4-2/h21,23,66,68,71-72,75-76H,3-20,22,24-65,67,69-70H2,1-2H3,(H,74,77)/b23-21-,68-66+. The minimum absolute atomic E-state index is 0.0537. The Balaban J connectivity index is 3.39. The van der Waals surface area contributed by atoms with Crippen LogP contribution in [0.15, 0.2) is 24.3 Å². The molecule has 0 spiro atoms. The van der Waals surface area contributed by atoms with Crippen LogP contribution in [-0.2, 0) is 4.79 Å². The van der Waals surface area contributed by atoms with Crippen molar-refractivity contribution in [2.75, 3.05) is 6.61 Å². The molecular weight excluding hydrogens is 939 g/mol. The second-order valence-corrected chi connectivity index (χ2v) is 25.0. The van der Waals surface area contributed by atoms with E-state index in [4.69, 9.17) is 0 Å². The van der Waals surface area contributed by atoms with Gasteiger partial charge in [0.1, 0.15) is 0 Å². The van der Waals surface area contributed by atoms with Gasteiger partial charge in [-0.25, -0.2) is 0 Å². The zero-order valence-corrected chi connectivity index (χ0v) is 53.0. The molecule has 4 nitrogen and oxygen atoms in total. The molecule has 0 aliphatic heterocycles. The Morgan fingerprint density at radius 1 is 0.299 bits per heavy atom. The molecule has 0 aromatic rings. The number of nitrogens with one attached hydrogen (secondary N) is 1. The first-order valence-corrected chi connectivity index (χ1v) is 36.1. The Bertz CT molecular complexity index is 1140. The molecule has 458 valence electrons. The quantitative estimate of drug-likeness (QED) is 0.0420. The zero-order chi connectivity index (χ0) is 55.5. The summed E-state index contributed by atoms with van der Waals surface area (Å²) in [6.07, 6.45) is 94.3. The Morgan fingerprint density at radius 2 is 0.494 bits per heavy atom. The van der Waals surface area contributed by atoms with Crippen LogP contribution in [0.5, 0.6) is 0 Å². The van der Waals surface area contributed by atoms with Gasteiger partial charge >= 0.3 is 0 Å². The number of amides is 1. The summed E-state index contributed by atoms with van der Waals surface area (Å²) >= 11 is 0. The number of rotatable bonds is 68. The van der Waals surface area contributed by atoms with Crippen molar-refractivity contribution >= 4 is 5.91 Å². The van der Waals surface area contributed by atoms with E-state index in [9.17, 15) is 15.0 Å². The summed E-state index contributed by atoms with van der Waals surface area (Å²) in [6.45, 7) is 4.36. The van der Waals surface area contributed by atoms with Gasteiger partial charge in [-0.2, -0.15) is 0 Å². The molecule has 3 N–H and O–H groups in total. The summed E-state index contributed by atoms with van der Waals surface area (Å²) in [5.41, 5.74) is 0. The van der Waals surface area contributed by atoms with Crippen LogP contribution in [0.4, 0.5) is 0 Å². The fourth-order valence-electron chi connectivity index (χ4n) is 11.7. The van der Waals surface area contributed by atoms with Gasteiger partial charge in [-0.3, -0.25) is 4.79 Å². The second kappa shape index (κ2) is 69.1. The minimum atomic E-state index is -0.838. The third-order valence-corrected chi connectivity index (χ3v) is 17.2. The van der Waals surface area contributed by atoms with Crippen molar-refractivity contribution in [1.29, 1.82) is 0 Å². The number of unbranched alkanes of at least 4 members (excludes halogenated alkanes) is 59. The highest BCUT2D eigenvalue weighted by Crippen LogP contribution is 2.19. The van der Waals surface area contributed by atoms with Crippen LogP contribution in [0.3, 0.4) is 0 Å². The van der Waals surface area contributed by atoms with E-state index in [0.29, 0.717) is 6.42 Å². The Morgan fingerprint density at radius 3 is 0.714 bits per heavy atom. The van der Waals surface area contributed by atoms with E-state index in [1.165, 1.54) is 372 Å². The highest BCUT2D eigenvalue weighted by molar-refractivity contribution is 5.76. The summed E-state index contributed by atoms with van der Waals surface area (Å²) in [6, 6.07) is -0.621. The number of carbonyl (C=O) groups excluding carboxylic acids is 1. The van der Waals surface area contributed by atoms with Crippen molar-refractivity contribution in [1.82, 2.24) is 5.32 Å². The zero-order valence-electron chi connectivity index (χ0n) is 53.0. The van der Waals surface area contributed by atoms with Crippen LogP contribution in [0.2, 0.25) is 0 Å². The van der Waals surface area contributed by atoms with Gasteiger partial charge in [-0.15, -0.1) is 0 Å². The van der Waals surface area contributed by atoms with E-state index >= 15 is 0 Å². The van der Waals surface area contributed by atoms with Gasteiger partial charge in [-0.1, -0.05) is 391 Å². The summed E-state index contributed by atoms with van der Waals surface area (Å²) in [4.78, 5) is 12.5. The summed E-state index contributed by atoms with van der Waals surface area (Å²) in [5, 5.41) is 23.3. The average molecular weight is 1080 g/mol. The topological polar surface area (TPSA) is 69.6 Å². The van der Waals surface area contributed by atoms with Gasteiger partial charge in [0.05, 0.1) is 18.8 Å². The summed E-state index contributed by atoms with van der Waals surface area (Å²) in [5.74, 6) is -0.0537. The van der Waals surface area contributed by atoms with Crippen molar-refractivity contribution < 1.29 is 15.0 Å². The van der Waals surface area contributed by atoms with Gasteiger partial charge in [0.2, 0.25) is 5.91 Å². The molecule has 77 heavy (non-hydrogen) atoms. The van der Waals surface area contributed by atoms with Crippen molar-refractivity contribution in [3.8, 4) is 0 Å². The van der Waals surface area contributed by atoms with E-state index in [2.05, 4.69) is 31.3 Å². The molecule has 2 unspecified atom stereocenters. The predicted molar refractivity (Wildman–Crippen MR) is 346 cm³/mol. The molecule has 0 saturated heterocycles. The second-order valence-electron chi connectivity index (χ2n) is 25.0. The molecule has 0 bridgehead atoms. The summed E-state index contributed by atoms with van der Waals surface area (Å²) < 4.78 is 0. The van der Waals surface area contributed by atoms with Crippen molar-refractivity contribution in [2.24, 2.45) is 0 Å². The first-order valence-electron chi connectivity index (χ1n) is 36.1. The fourth-order valence-corrected chi connectivity index (χ4v) is 11.7. The van der Waals surface area contributed by atoms with Crippen LogP contribution >= 0.6 is 0 Å².